The van der Waals surface area contributed by atoms with E-state index in [2.05, 4.69) is 86.9 Å². The fourth-order valence-corrected chi connectivity index (χ4v) is 6.34. The lowest BCUT2D eigenvalue weighted by molar-refractivity contribution is 0.145. The van der Waals surface area contributed by atoms with Gasteiger partial charge in [0.05, 0.1) is 5.39 Å². The van der Waals surface area contributed by atoms with Gasteiger partial charge in [-0.3, -0.25) is 0 Å². The predicted octanol–water partition coefficient (Wildman–Crippen LogP) is 6.19. The molecular weight excluding hydrogens is 456 g/mol. The molecule has 0 unspecified atom stereocenters. The van der Waals surface area contributed by atoms with Crippen LogP contribution in [0.15, 0.2) is 73.8 Å². The summed E-state index contributed by atoms with van der Waals surface area (Å²) in [5, 5.41) is 0.947. The molecule has 0 amide bonds. The smallest absolute Gasteiger partial charge is 0.146 e. The van der Waals surface area contributed by atoms with Crippen molar-refractivity contribution < 1.29 is 0 Å². The molecular formula is C31H32N6. The highest BCUT2D eigenvalue weighted by Crippen LogP contribution is 2.44. The van der Waals surface area contributed by atoms with Gasteiger partial charge in [0.2, 0.25) is 0 Å². The normalized spacial score (nSPS) is 21.4. The zero-order valence-corrected chi connectivity index (χ0v) is 21.1. The molecule has 4 heterocycles. The Morgan fingerprint density at radius 3 is 2.59 bits per heavy atom. The number of nitrogen functional groups attached to an aromatic ring is 1. The number of para-hydroxylation sites is 1. The minimum Gasteiger partial charge on any atom is -0.383 e. The topological polar surface area (TPSA) is 63.2 Å². The molecule has 1 saturated carbocycles. The van der Waals surface area contributed by atoms with Crippen LogP contribution in [0.2, 0.25) is 0 Å². The van der Waals surface area contributed by atoms with Crippen molar-refractivity contribution in [3.05, 3.63) is 85.0 Å². The average molecular weight is 489 g/mol. The van der Waals surface area contributed by atoms with E-state index >= 15 is 0 Å². The van der Waals surface area contributed by atoms with Crippen LogP contribution in [0.3, 0.4) is 0 Å². The molecule has 1 aliphatic carbocycles. The lowest BCUT2D eigenvalue weighted by Gasteiger charge is -2.38. The third kappa shape index (κ3) is 3.83. The van der Waals surface area contributed by atoms with E-state index < -0.39 is 0 Å². The third-order valence-electron chi connectivity index (χ3n) is 8.36. The highest BCUT2D eigenvalue weighted by Gasteiger charge is 2.34. The van der Waals surface area contributed by atoms with Crippen LogP contribution in [0.1, 0.15) is 42.9 Å². The van der Waals surface area contributed by atoms with E-state index in [1.165, 1.54) is 45.3 Å². The maximum atomic E-state index is 6.46. The minimum absolute atomic E-state index is 0.460. The van der Waals surface area contributed by atoms with Crippen molar-refractivity contribution in [1.82, 2.24) is 19.4 Å². The SMILES string of the molecule is C=C1c2cc(-c3cn(C4CC(CN5CCCC5)C4)c4ncnc(N)c34)ccc2C=CN1c1ccccc1. The van der Waals surface area contributed by atoms with Crippen molar-refractivity contribution >= 4 is 34.3 Å². The van der Waals surface area contributed by atoms with Gasteiger partial charge in [-0.15, -0.1) is 0 Å². The Morgan fingerprint density at radius 2 is 1.78 bits per heavy atom. The molecule has 4 aromatic rings. The number of aromatic nitrogens is 3. The Kier molecular flexibility index (Phi) is 5.36. The standard InChI is InChI=1S/C31H32N6/c1-21-27-17-24(10-9-23(27)11-14-36(21)25-7-3-2-4-8-25)28-19-37(31-29(28)30(32)33-20-34-31)26-15-22(16-26)18-35-12-5-6-13-35/h2-4,7-11,14,17,19-20,22,26H,1,5-6,12-13,15-16,18H2,(H2,32,33,34). The van der Waals surface area contributed by atoms with Crippen molar-refractivity contribution in [1.29, 1.82) is 0 Å². The van der Waals surface area contributed by atoms with Gasteiger partial charge in [-0.05, 0) is 80.1 Å². The third-order valence-corrected chi connectivity index (χ3v) is 8.36. The van der Waals surface area contributed by atoms with Crippen LogP contribution in [0.5, 0.6) is 0 Å². The second-order valence-electron chi connectivity index (χ2n) is 10.7. The molecule has 7 rings (SSSR count). The lowest BCUT2D eigenvalue weighted by Crippen LogP contribution is -2.35. The van der Waals surface area contributed by atoms with Gasteiger partial charge in [0.15, 0.2) is 0 Å². The van der Waals surface area contributed by atoms with Crippen molar-refractivity contribution in [3.63, 3.8) is 0 Å². The highest BCUT2D eigenvalue weighted by atomic mass is 15.2. The summed E-state index contributed by atoms with van der Waals surface area (Å²) >= 11 is 0. The number of anilines is 2. The summed E-state index contributed by atoms with van der Waals surface area (Å²) in [5.74, 6) is 1.31. The zero-order valence-electron chi connectivity index (χ0n) is 21.1. The molecule has 2 aromatic carbocycles. The van der Waals surface area contributed by atoms with Gasteiger partial charge in [0.1, 0.15) is 17.8 Å². The van der Waals surface area contributed by atoms with Crippen molar-refractivity contribution in [3.8, 4) is 11.1 Å². The molecule has 0 bridgehead atoms. The van der Waals surface area contributed by atoms with Crippen LogP contribution in [0, 0.1) is 5.92 Å². The minimum atomic E-state index is 0.460. The van der Waals surface area contributed by atoms with E-state index in [4.69, 9.17) is 10.7 Å². The van der Waals surface area contributed by atoms with Crippen LogP contribution in [-0.2, 0) is 0 Å². The van der Waals surface area contributed by atoms with Crippen molar-refractivity contribution in [2.75, 3.05) is 30.3 Å². The molecule has 0 radical (unpaired) electrons. The lowest BCUT2D eigenvalue weighted by atomic mass is 9.79. The number of likely N-dealkylation sites (tertiary alicyclic amines) is 1. The Hall–Kier alpha value is -3.90. The average Bonchev–Trinajstić information content (AvgIpc) is 3.55. The molecule has 186 valence electrons. The van der Waals surface area contributed by atoms with E-state index in [9.17, 15) is 0 Å². The van der Waals surface area contributed by atoms with E-state index in [0.717, 1.165) is 50.6 Å². The number of hydrogen-bond donors (Lipinski definition) is 1. The zero-order chi connectivity index (χ0) is 24.9. The number of nitrogens with two attached hydrogens (primary N) is 1. The van der Waals surface area contributed by atoms with E-state index in [1.54, 1.807) is 6.33 Å². The van der Waals surface area contributed by atoms with Crippen molar-refractivity contribution in [2.24, 2.45) is 5.92 Å². The fraction of sp³-hybridized carbons (Fsp3) is 0.290. The summed E-state index contributed by atoms with van der Waals surface area (Å²) in [6.07, 6.45) is 13.2. The highest BCUT2D eigenvalue weighted by molar-refractivity contribution is 6.01. The summed E-state index contributed by atoms with van der Waals surface area (Å²) in [4.78, 5) is 13.8. The van der Waals surface area contributed by atoms with E-state index in [-0.39, 0.29) is 0 Å². The van der Waals surface area contributed by atoms with E-state index in [1.807, 2.05) is 6.07 Å². The van der Waals surface area contributed by atoms with Crippen LogP contribution in [0.25, 0.3) is 33.9 Å². The van der Waals surface area contributed by atoms with Gasteiger partial charge in [-0.25, -0.2) is 9.97 Å². The first-order valence-electron chi connectivity index (χ1n) is 13.4. The molecule has 0 spiro atoms. The molecule has 2 aromatic heterocycles. The predicted molar refractivity (Wildman–Crippen MR) is 152 cm³/mol. The first kappa shape index (κ1) is 22.3. The number of hydrogen-bond acceptors (Lipinski definition) is 5. The Labute approximate surface area is 217 Å². The quantitative estimate of drug-likeness (QED) is 0.363. The van der Waals surface area contributed by atoms with Crippen LogP contribution in [-0.4, -0.2) is 39.1 Å². The molecule has 2 aliphatic heterocycles. The van der Waals surface area contributed by atoms with Gasteiger partial charge in [0.25, 0.3) is 0 Å². The molecule has 2 N–H and O–H groups in total. The Morgan fingerprint density at radius 1 is 0.973 bits per heavy atom. The molecule has 6 heteroatoms. The molecule has 0 atom stereocenters. The summed E-state index contributed by atoms with van der Waals surface area (Å²) in [5.41, 5.74) is 13.9. The van der Waals surface area contributed by atoms with Gasteiger partial charge < -0.3 is 20.1 Å². The van der Waals surface area contributed by atoms with Gasteiger partial charge in [0, 0.05) is 47.5 Å². The Balaban J connectivity index is 1.23. The Bertz CT molecular complexity index is 1510. The second-order valence-corrected chi connectivity index (χ2v) is 10.7. The largest absolute Gasteiger partial charge is 0.383 e. The molecule has 3 aliphatic rings. The first-order chi connectivity index (χ1) is 18.2. The molecule has 1 saturated heterocycles. The molecule has 6 nitrogen and oxygen atoms in total. The molecule has 37 heavy (non-hydrogen) atoms. The second kappa shape index (κ2) is 8.89. The number of fused-ring (bicyclic) bond motifs is 2. The fourth-order valence-electron chi connectivity index (χ4n) is 6.34. The van der Waals surface area contributed by atoms with Gasteiger partial charge in [-0.2, -0.15) is 0 Å². The van der Waals surface area contributed by atoms with Crippen LogP contribution in [0.4, 0.5) is 11.5 Å². The van der Waals surface area contributed by atoms with Gasteiger partial charge >= 0.3 is 0 Å². The number of nitrogens with zero attached hydrogens (tertiary/aromatic N) is 5. The van der Waals surface area contributed by atoms with Gasteiger partial charge in [-0.1, -0.05) is 36.9 Å². The number of benzene rings is 2. The molecule has 2 fully saturated rings. The summed E-state index contributed by atoms with van der Waals surface area (Å²) < 4.78 is 2.35. The number of rotatable bonds is 5. The first-order valence-corrected chi connectivity index (χ1v) is 13.4. The van der Waals surface area contributed by atoms with E-state index in [0.29, 0.717) is 11.9 Å². The summed E-state index contributed by atoms with van der Waals surface area (Å²) in [7, 11) is 0. The van der Waals surface area contributed by atoms with Crippen molar-refractivity contribution in [2.45, 2.75) is 31.7 Å². The maximum Gasteiger partial charge on any atom is 0.146 e. The maximum absolute atomic E-state index is 6.46. The van der Waals surface area contributed by atoms with Crippen LogP contribution < -0.4 is 10.6 Å². The van der Waals surface area contributed by atoms with Crippen LogP contribution >= 0.6 is 0 Å². The monoisotopic (exact) mass is 488 g/mol. The summed E-state index contributed by atoms with van der Waals surface area (Å²) in [6, 6.07) is 17.4. The summed E-state index contributed by atoms with van der Waals surface area (Å²) in [6.45, 7) is 8.22.